The standard InChI is InChI=1S/C4H4N2.C4H6/c1-2-5-4-6-3-1;1-2-4-3-1/h1-4H;1-2H,3-4H2. The smallest absolute Gasteiger partial charge is 0.115 e. The Morgan fingerprint density at radius 2 is 1.40 bits per heavy atom. The molecule has 1 heterocycles. The van der Waals surface area contributed by atoms with E-state index in [4.69, 9.17) is 0 Å². The molecule has 2 nitrogen and oxygen atoms in total. The Morgan fingerprint density at radius 1 is 0.900 bits per heavy atom. The van der Waals surface area contributed by atoms with Crippen molar-refractivity contribution in [2.75, 3.05) is 0 Å². The third-order valence-corrected chi connectivity index (χ3v) is 1.14. The molecule has 0 amide bonds. The summed E-state index contributed by atoms with van der Waals surface area (Å²) in [5.74, 6) is 0. The molecule has 2 rings (SSSR count). The number of hydrogen-bond donors (Lipinski definition) is 0. The van der Waals surface area contributed by atoms with E-state index in [9.17, 15) is 0 Å². The van der Waals surface area contributed by atoms with E-state index < -0.39 is 0 Å². The van der Waals surface area contributed by atoms with Crippen LogP contribution in [0.25, 0.3) is 0 Å². The van der Waals surface area contributed by atoms with Gasteiger partial charge in [-0.2, -0.15) is 0 Å². The molecule has 2 heteroatoms. The summed E-state index contributed by atoms with van der Waals surface area (Å²) in [6.45, 7) is 0. The summed E-state index contributed by atoms with van der Waals surface area (Å²) < 4.78 is 0. The van der Waals surface area contributed by atoms with Crippen molar-refractivity contribution in [1.29, 1.82) is 0 Å². The second-order valence-corrected chi connectivity index (χ2v) is 1.95. The van der Waals surface area contributed by atoms with Gasteiger partial charge in [-0.15, -0.1) is 0 Å². The summed E-state index contributed by atoms with van der Waals surface area (Å²) >= 11 is 0. The van der Waals surface area contributed by atoms with E-state index in [1.807, 2.05) is 0 Å². The van der Waals surface area contributed by atoms with Crippen molar-refractivity contribution in [2.45, 2.75) is 12.8 Å². The summed E-state index contributed by atoms with van der Waals surface area (Å²) in [6.07, 6.45) is 11.9. The summed E-state index contributed by atoms with van der Waals surface area (Å²) in [4.78, 5) is 7.35. The largest absolute Gasteiger partial charge is 0.245 e. The first-order chi connectivity index (χ1) is 5.00. The van der Waals surface area contributed by atoms with Gasteiger partial charge in [-0.1, -0.05) is 12.2 Å². The highest BCUT2D eigenvalue weighted by Gasteiger charge is 1.81. The van der Waals surface area contributed by atoms with Crippen LogP contribution in [0.5, 0.6) is 0 Å². The Bertz CT molecular complexity index is 149. The van der Waals surface area contributed by atoms with Gasteiger partial charge in [0, 0.05) is 12.4 Å². The molecule has 1 aliphatic carbocycles. The lowest BCUT2D eigenvalue weighted by Crippen LogP contribution is -1.71. The predicted molar refractivity (Wildman–Crippen MR) is 40.4 cm³/mol. The molecule has 1 aromatic rings. The van der Waals surface area contributed by atoms with Crippen molar-refractivity contribution < 1.29 is 0 Å². The van der Waals surface area contributed by atoms with Gasteiger partial charge in [0.05, 0.1) is 0 Å². The molecule has 0 aromatic carbocycles. The van der Waals surface area contributed by atoms with Crippen LogP contribution in [-0.4, -0.2) is 9.97 Å². The Labute approximate surface area is 60.6 Å². The fraction of sp³-hybridized carbons (Fsp3) is 0.250. The summed E-state index contributed by atoms with van der Waals surface area (Å²) in [6, 6.07) is 1.78. The maximum absolute atomic E-state index is 3.67. The van der Waals surface area contributed by atoms with E-state index in [0.29, 0.717) is 0 Å². The van der Waals surface area contributed by atoms with Crippen molar-refractivity contribution in [3.63, 3.8) is 0 Å². The van der Waals surface area contributed by atoms with E-state index in [1.54, 1.807) is 18.5 Å². The maximum Gasteiger partial charge on any atom is 0.115 e. The monoisotopic (exact) mass is 134 g/mol. The fourth-order valence-electron chi connectivity index (χ4n) is 0.420. The molecule has 0 unspecified atom stereocenters. The minimum atomic E-state index is 1.32. The second kappa shape index (κ2) is 4.68. The topological polar surface area (TPSA) is 25.8 Å². The summed E-state index contributed by atoms with van der Waals surface area (Å²) in [5, 5.41) is 0. The normalized spacial score (nSPS) is 12.8. The molecule has 0 fully saturated rings. The van der Waals surface area contributed by atoms with Crippen LogP contribution in [0, 0.1) is 0 Å². The van der Waals surface area contributed by atoms with Crippen LogP contribution in [0.4, 0.5) is 0 Å². The first-order valence-corrected chi connectivity index (χ1v) is 3.35. The van der Waals surface area contributed by atoms with Gasteiger partial charge in [0.1, 0.15) is 6.33 Å². The quantitative estimate of drug-likeness (QED) is 0.506. The average molecular weight is 134 g/mol. The van der Waals surface area contributed by atoms with Crippen LogP contribution in [0.2, 0.25) is 0 Å². The Hall–Kier alpha value is -1.18. The summed E-state index contributed by atoms with van der Waals surface area (Å²) in [7, 11) is 0. The average Bonchev–Trinajstić information content (AvgIpc) is 1.88. The Balaban J connectivity index is 0.000000108. The van der Waals surface area contributed by atoms with Crippen molar-refractivity contribution in [2.24, 2.45) is 0 Å². The maximum atomic E-state index is 3.67. The molecule has 0 bridgehead atoms. The number of allylic oxidation sites excluding steroid dienone is 2. The molecular formula is C8H10N2. The van der Waals surface area contributed by atoms with Gasteiger partial charge in [-0.3, -0.25) is 0 Å². The Morgan fingerprint density at radius 3 is 1.50 bits per heavy atom. The molecule has 0 radical (unpaired) electrons. The number of hydrogen-bond acceptors (Lipinski definition) is 2. The highest BCUT2D eigenvalue weighted by atomic mass is 14.8. The van der Waals surface area contributed by atoms with Gasteiger partial charge < -0.3 is 0 Å². The SMILES string of the molecule is C1=CCC1.c1cncnc1. The molecule has 0 saturated carbocycles. The number of nitrogens with zero attached hydrogens (tertiary/aromatic N) is 2. The number of aromatic nitrogens is 2. The van der Waals surface area contributed by atoms with Gasteiger partial charge in [0.2, 0.25) is 0 Å². The van der Waals surface area contributed by atoms with E-state index in [-0.39, 0.29) is 0 Å². The van der Waals surface area contributed by atoms with Crippen LogP contribution in [0.3, 0.4) is 0 Å². The minimum absolute atomic E-state index is 1.32. The highest BCUT2D eigenvalue weighted by molar-refractivity contribution is 4.92. The molecule has 52 valence electrons. The minimum Gasteiger partial charge on any atom is -0.245 e. The van der Waals surface area contributed by atoms with Crippen molar-refractivity contribution in [3.05, 3.63) is 36.9 Å². The first kappa shape index (κ1) is 6.93. The Kier molecular flexibility index (Phi) is 3.24. The second-order valence-electron chi connectivity index (χ2n) is 1.95. The molecule has 0 saturated heterocycles. The lowest BCUT2D eigenvalue weighted by molar-refractivity contribution is 0.962. The highest BCUT2D eigenvalue weighted by Crippen LogP contribution is 2.01. The van der Waals surface area contributed by atoms with Crippen LogP contribution in [0.1, 0.15) is 12.8 Å². The van der Waals surface area contributed by atoms with E-state index >= 15 is 0 Å². The van der Waals surface area contributed by atoms with E-state index in [0.717, 1.165) is 0 Å². The number of rotatable bonds is 0. The summed E-state index contributed by atoms with van der Waals surface area (Å²) in [5.41, 5.74) is 0. The van der Waals surface area contributed by atoms with Gasteiger partial charge in [-0.05, 0) is 18.9 Å². The molecule has 0 N–H and O–H groups in total. The van der Waals surface area contributed by atoms with Crippen molar-refractivity contribution >= 4 is 0 Å². The zero-order chi connectivity index (χ0) is 7.07. The molecule has 0 atom stereocenters. The third kappa shape index (κ3) is 2.97. The zero-order valence-corrected chi connectivity index (χ0v) is 5.77. The van der Waals surface area contributed by atoms with Crippen LogP contribution in [-0.2, 0) is 0 Å². The molecule has 1 aliphatic rings. The third-order valence-electron chi connectivity index (χ3n) is 1.14. The molecule has 10 heavy (non-hydrogen) atoms. The fourth-order valence-corrected chi connectivity index (χ4v) is 0.420. The lowest BCUT2D eigenvalue weighted by atomic mass is 10.1. The van der Waals surface area contributed by atoms with Gasteiger partial charge in [-0.25, -0.2) is 9.97 Å². The predicted octanol–water partition coefficient (Wildman–Crippen LogP) is 1.81. The molecular weight excluding hydrogens is 124 g/mol. The first-order valence-electron chi connectivity index (χ1n) is 3.35. The van der Waals surface area contributed by atoms with Crippen LogP contribution in [0.15, 0.2) is 36.9 Å². The molecule has 0 aliphatic heterocycles. The van der Waals surface area contributed by atoms with Gasteiger partial charge >= 0.3 is 0 Å². The molecule has 0 spiro atoms. The van der Waals surface area contributed by atoms with Crippen LogP contribution >= 0.6 is 0 Å². The molecule has 1 aromatic heterocycles. The van der Waals surface area contributed by atoms with E-state index in [2.05, 4.69) is 22.1 Å². The van der Waals surface area contributed by atoms with Crippen molar-refractivity contribution in [3.8, 4) is 0 Å². The lowest BCUT2D eigenvalue weighted by Gasteiger charge is -1.92. The van der Waals surface area contributed by atoms with Gasteiger partial charge in [0.25, 0.3) is 0 Å². The van der Waals surface area contributed by atoms with Gasteiger partial charge in [0.15, 0.2) is 0 Å². The van der Waals surface area contributed by atoms with Crippen molar-refractivity contribution in [1.82, 2.24) is 9.97 Å². The van der Waals surface area contributed by atoms with Crippen LogP contribution < -0.4 is 0 Å². The van der Waals surface area contributed by atoms with E-state index in [1.165, 1.54) is 19.2 Å². The zero-order valence-electron chi connectivity index (χ0n) is 5.77.